The summed E-state index contributed by atoms with van der Waals surface area (Å²) in [5.74, 6) is 0. The number of aryl methyl sites for hydroxylation is 1. The zero-order valence-electron chi connectivity index (χ0n) is 21.2. The van der Waals surface area contributed by atoms with E-state index in [0.717, 1.165) is 56.1 Å². The SMILES string of the molecule is C=C1/C(=C\C=C(/CCCCCC)c2cccc(CCCCCC(C)(C)O)c2)C[C@@H](O)CC1O. The van der Waals surface area contributed by atoms with Crippen molar-refractivity contribution in [3.05, 3.63) is 65.3 Å². The van der Waals surface area contributed by atoms with E-state index in [-0.39, 0.29) is 0 Å². The first kappa shape index (κ1) is 27.6. The van der Waals surface area contributed by atoms with Crippen molar-refractivity contribution in [3.8, 4) is 0 Å². The minimum atomic E-state index is -0.652. The monoisotopic (exact) mass is 454 g/mol. The number of hydrogen-bond donors (Lipinski definition) is 3. The summed E-state index contributed by atoms with van der Waals surface area (Å²) in [6.45, 7) is 10.0. The molecule has 0 aliphatic heterocycles. The second-order valence-corrected chi connectivity index (χ2v) is 10.4. The fourth-order valence-corrected chi connectivity index (χ4v) is 4.51. The van der Waals surface area contributed by atoms with Crippen LogP contribution in [0.25, 0.3) is 5.57 Å². The van der Waals surface area contributed by atoms with Gasteiger partial charge in [0.1, 0.15) is 0 Å². The van der Waals surface area contributed by atoms with E-state index in [9.17, 15) is 15.3 Å². The predicted octanol–water partition coefficient (Wildman–Crippen LogP) is 6.91. The third-order valence-electron chi connectivity index (χ3n) is 6.60. The number of aliphatic hydroxyl groups is 3. The first-order valence-electron chi connectivity index (χ1n) is 13.0. The number of benzene rings is 1. The Morgan fingerprint density at radius 3 is 2.58 bits per heavy atom. The molecule has 2 rings (SSSR count). The van der Waals surface area contributed by atoms with E-state index in [4.69, 9.17) is 0 Å². The lowest BCUT2D eigenvalue weighted by Crippen LogP contribution is -2.26. The summed E-state index contributed by atoms with van der Waals surface area (Å²) in [4.78, 5) is 0. The smallest absolute Gasteiger partial charge is 0.0811 e. The standard InChI is InChI=1S/C30H46O3/c1-5-6-7-10-15-25(17-18-26-21-28(31)22-29(32)23(26)2)27-16-12-14-24(20-27)13-9-8-11-19-30(3,4)33/h12,14,16-18,20,28-29,31-33H,2,5-11,13,15,19,21-22H2,1,3-4H3/b25-17+,26-18-/t28-,29?/m1/s1. The van der Waals surface area contributed by atoms with E-state index in [1.54, 1.807) is 0 Å². The number of aliphatic hydroxyl groups excluding tert-OH is 2. The lowest BCUT2D eigenvalue weighted by atomic mass is 9.85. The Bertz CT molecular complexity index is 797. The van der Waals surface area contributed by atoms with Crippen LogP contribution < -0.4 is 0 Å². The van der Waals surface area contributed by atoms with Crippen LogP contribution in [0.3, 0.4) is 0 Å². The second kappa shape index (κ2) is 13.9. The molecule has 3 N–H and O–H groups in total. The highest BCUT2D eigenvalue weighted by Crippen LogP contribution is 2.30. The highest BCUT2D eigenvalue weighted by molar-refractivity contribution is 5.68. The predicted molar refractivity (Wildman–Crippen MR) is 140 cm³/mol. The Kier molecular flexibility index (Phi) is 11.6. The molecule has 0 amide bonds. The average Bonchev–Trinajstić information content (AvgIpc) is 2.75. The maximum Gasteiger partial charge on any atom is 0.0811 e. The molecule has 1 aliphatic carbocycles. The molecule has 1 aromatic carbocycles. The highest BCUT2D eigenvalue weighted by atomic mass is 16.3. The number of allylic oxidation sites excluding steroid dienone is 3. The topological polar surface area (TPSA) is 60.7 Å². The minimum absolute atomic E-state index is 0.377. The van der Waals surface area contributed by atoms with Crippen LogP contribution in [-0.2, 0) is 6.42 Å². The first-order valence-corrected chi connectivity index (χ1v) is 13.0. The lowest BCUT2D eigenvalue weighted by Gasteiger charge is -2.26. The molecular weight excluding hydrogens is 408 g/mol. The van der Waals surface area contributed by atoms with Crippen molar-refractivity contribution in [1.29, 1.82) is 0 Å². The Hall–Kier alpha value is -1.68. The molecular formula is C30H46O3. The number of hydrogen-bond acceptors (Lipinski definition) is 3. The molecule has 1 aliphatic rings. The van der Waals surface area contributed by atoms with Crippen LogP contribution >= 0.6 is 0 Å². The van der Waals surface area contributed by atoms with Gasteiger partial charge in [-0.2, -0.15) is 0 Å². The zero-order chi connectivity index (χ0) is 24.3. The van der Waals surface area contributed by atoms with Gasteiger partial charge in [-0.1, -0.05) is 82.0 Å². The van der Waals surface area contributed by atoms with Crippen molar-refractivity contribution in [2.75, 3.05) is 0 Å². The van der Waals surface area contributed by atoms with Gasteiger partial charge in [-0.3, -0.25) is 0 Å². The molecule has 0 heterocycles. The summed E-state index contributed by atoms with van der Waals surface area (Å²) in [5, 5.41) is 30.1. The van der Waals surface area contributed by atoms with Gasteiger partial charge in [0, 0.05) is 6.42 Å². The van der Waals surface area contributed by atoms with Crippen LogP contribution in [0.2, 0.25) is 0 Å². The van der Waals surface area contributed by atoms with Gasteiger partial charge >= 0.3 is 0 Å². The molecule has 1 unspecified atom stereocenters. The van der Waals surface area contributed by atoms with Crippen LogP contribution in [0.4, 0.5) is 0 Å². The minimum Gasteiger partial charge on any atom is -0.393 e. The van der Waals surface area contributed by atoms with E-state index in [0.29, 0.717) is 12.8 Å². The quantitative estimate of drug-likeness (QED) is 0.284. The van der Waals surface area contributed by atoms with Crippen LogP contribution in [0.15, 0.2) is 54.1 Å². The third kappa shape index (κ3) is 10.4. The van der Waals surface area contributed by atoms with Crippen molar-refractivity contribution in [3.63, 3.8) is 0 Å². The first-order chi connectivity index (χ1) is 15.7. The van der Waals surface area contributed by atoms with E-state index in [1.807, 2.05) is 13.8 Å². The van der Waals surface area contributed by atoms with E-state index < -0.39 is 17.8 Å². The summed E-state index contributed by atoms with van der Waals surface area (Å²) in [6.07, 6.45) is 15.1. The summed E-state index contributed by atoms with van der Waals surface area (Å²) in [7, 11) is 0. The summed E-state index contributed by atoms with van der Waals surface area (Å²) < 4.78 is 0. The average molecular weight is 455 g/mol. The maximum absolute atomic E-state index is 10.2. The Balaban J connectivity index is 2.11. The fraction of sp³-hybridized carbons (Fsp3) is 0.600. The molecule has 1 saturated carbocycles. The largest absolute Gasteiger partial charge is 0.393 e. The van der Waals surface area contributed by atoms with Gasteiger partial charge < -0.3 is 15.3 Å². The fourth-order valence-electron chi connectivity index (χ4n) is 4.51. The molecule has 0 radical (unpaired) electrons. The van der Waals surface area contributed by atoms with Crippen molar-refractivity contribution < 1.29 is 15.3 Å². The van der Waals surface area contributed by atoms with E-state index >= 15 is 0 Å². The molecule has 33 heavy (non-hydrogen) atoms. The van der Waals surface area contributed by atoms with Gasteiger partial charge in [-0.05, 0) is 80.2 Å². The molecule has 0 aromatic heterocycles. The van der Waals surface area contributed by atoms with Gasteiger partial charge in [-0.25, -0.2) is 0 Å². The Labute approximate surface area is 201 Å². The van der Waals surface area contributed by atoms with Gasteiger partial charge in [0.2, 0.25) is 0 Å². The third-order valence-corrected chi connectivity index (χ3v) is 6.60. The zero-order valence-corrected chi connectivity index (χ0v) is 21.2. The molecule has 3 heteroatoms. The van der Waals surface area contributed by atoms with E-state index in [1.165, 1.54) is 36.0 Å². The van der Waals surface area contributed by atoms with Gasteiger partial charge in [0.05, 0.1) is 17.8 Å². The molecule has 0 bridgehead atoms. The molecule has 3 nitrogen and oxygen atoms in total. The Morgan fingerprint density at radius 1 is 1.09 bits per heavy atom. The van der Waals surface area contributed by atoms with Gasteiger partial charge in [0.25, 0.3) is 0 Å². The van der Waals surface area contributed by atoms with Crippen LogP contribution in [0, 0.1) is 0 Å². The number of rotatable bonds is 13. The summed E-state index contributed by atoms with van der Waals surface area (Å²) >= 11 is 0. The lowest BCUT2D eigenvalue weighted by molar-refractivity contribution is 0.0680. The van der Waals surface area contributed by atoms with Crippen molar-refractivity contribution >= 4 is 5.57 Å². The van der Waals surface area contributed by atoms with Crippen molar-refractivity contribution in [2.24, 2.45) is 0 Å². The van der Waals surface area contributed by atoms with Gasteiger partial charge in [-0.15, -0.1) is 0 Å². The van der Waals surface area contributed by atoms with Gasteiger partial charge in [0.15, 0.2) is 0 Å². The van der Waals surface area contributed by atoms with Crippen molar-refractivity contribution in [1.82, 2.24) is 0 Å². The van der Waals surface area contributed by atoms with Crippen LogP contribution in [-0.4, -0.2) is 33.1 Å². The molecule has 0 spiro atoms. The van der Waals surface area contributed by atoms with Crippen molar-refractivity contribution in [2.45, 2.75) is 116 Å². The normalized spacial score (nSPS) is 21.1. The molecule has 184 valence electrons. The molecule has 1 fully saturated rings. The molecule has 2 atom stereocenters. The maximum atomic E-state index is 10.2. The molecule has 0 saturated heterocycles. The second-order valence-electron chi connectivity index (χ2n) is 10.4. The van der Waals surface area contributed by atoms with Crippen LogP contribution in [0.1, 0.15) is 103 Å². The highest BCUT2D eigenvalue weighted by Gasteiger charge is 2.24. The van der Waals surface area contributed by atoms with Crippen LogP contribution in [0.5, 0.6) is 0 Å². The van der Waals surface area contributed by atoms with E-state index in [2.05, 4.69) is 49.9 Å². The molecule has 1 aromatic rings. The number of unbranched alkanes of at least 4 members (excludes halogenated alkanes) is 5. The summed E-state index contributed by atoms with van der Waals surface area (Å²) in [5.41, 5.74) is 5.05. The Morgan fingerprint density at radius 2 is 1.85 bits per heavy atom. The summed E-state index contributed by atoms with van der Waals surface area (Å²) in [6, 6.07) is 8.88.